The average molecular weight is 473 g/mol. The van der Waals surface area contributed by atoms with Gasteiger partial charge in [-0.1, -0.05) is 31.2 Å². The molecule has 0 atom stereocenters. The number of nitrogens with one attached hydrogen (secondary N) is 2. The van der Waals surface area contributed by atoms with E-state index in [9.17, 15) is 0 Å². The molecule has 2 aromatic rings. The highest BCUT2D eigenvalue weighted by atomic mass is 127. The van der Waals surface area contributed by atoms with Crippen LogP contribution in [-0.4, -0.2) is 19.6 Å². The fourth-order valence-corrected chi connectivity index (χ4v) is 3.20. The average Bonchev–Trinajstić information content (AvgIpc) is 3.07. The first-order chi connectivity index (χ1) is 11.7. The van der Waals surface area contributed by atoms with Crippen LogP contribution in [0.2, 0.25) is 0 Å². The molecular formula is C19H28IN3OS. The molecule has 138 valence electrons. The van der Waals surface area contributed by atoms with Crippen molar-refractivity contribution in [3.05, 3.63) is 57.3 Å². The Labute approximate surface area is 172 Å². The lowest BCUT2D eigenvalue weighted by Gasteiger charge is -2.10. The molecule has 0 radical (unpaired) electrons. The second-order valence-electron chi connectivity index (χ2n) is 5.52. The van der Waals surface area contributed by atoms with Crippen LogP contribution in [0.1, 0.15) is 34.7 Å². The molecule has 1 aromatic carbocycles. The third kappa shape index (κ3) is 7.75. The van der Waals surface area contributed by atoms with Crippen LogP contribution in [0, 0.1) is 0 Å². The van der Waals surface area contributed by atoms with Gasteiger partial charge in [0.25, 0.3) is 0 Å². The van der Waals surface area contributed by atoms with Crippen LogP contribution in [0.25, 0.3) is 0 Å². The summed E-state index contributed by atoms with van der Waals surface area (Å²) >= 11 is 1.86. The van der Waals surface area contributed by atoms with Crippen molar-refractivity contribution in [1.29, 1.82) is 0 Å². The number of halogens is 1. The number of hydrogen-bond acceptors (Lipinski definition) is 3. The molecule has 6 heteroatoms. The predicted octanol–water partition coefficient (Wildman–Crippen LogP) is 4.33. The summed E-state index contributed by atoms with van der Waals surface area (Å²) in [5, 5.41) is 6.70. The van der Waals surface area contributed by atoms with Gasteiger partial charge in [0.15, 0.2) is 5.96 Å². The van der Waals surface area contributed by atoms with Gasteiger partial charge in [0.05, 0.1) is 19.7 Å². The van der Waals surface area contributed by atoms with Gasteiger partial charge in [-0.15, -0.1) is 35.3 Å². The molecule has 0 saturated carbocycles. The van der Waals surface area contributed by atoms with Crippen LogP contribution in [-0.2, 0) is 30.9 Å². The monoisotopic (exact) mass is 473 g/mol. The molecule has 0 aliphatic carbocycles. The Morgan fingerprint density at radius 2 is 1.68 bits per heavy atom. The summed E-state index contributed by atoms with van der Waals surface area (Å²) in [5.41, 5.74) is 2.37. The van der Waals surface area contributed by atoms with E-state index in [0.29, 0.717) is 13.2 Å². The molecule has 1 aromatic heterocycles. The fraction of sp³-hybridized carbons (Fsp3) is 0.421. The van der Waals surface area contributed by atoms with Crippen LogP contribution in [0.15, 0.2) is 41.4 Å². The highest BCUT2D eigenvalue weighted by Crippen LogP contribution is 2.16. The van der Waals surface area contributed by atoms with Crippen LogP contribution in [0.5, 0.6) is 0 Å². The van der Waals surface area contributed by atoms with Crippen LogP contribution >= 0.6 is 35.3 Å². The van der Waals surface area contributed by atoms with E-state index in [1.807, 2.05) is 11.3 Å². The van der Waals surface area contributed by atoms with E-state index in [1.165, 1.54) is 20.9 Å². The third-order valence-corrected chi connectivity index (χ3v) is 4.82. The number of guanidine groups is 1. The summed E-state index contributed by atoms with van der Waals surface area (Å²) < 4.78 is 5.14. The third-order valence-electron chi connectivity index (χ3n) is 3.59. The van der Waals surface area contributed by atoms with Gasteiger partial charge in [0.2, 0.25) is 0 Å². The number of aryl methyl sites for hydroxylation is 1. The molecule has 0 aliphatic heterocycles. The number of benzene rings is 1. The Balaban J connectivity index is 0.00000312. The zero-order chi connectivity index (χ0) is 17.2. The summed E-state index contributed by atoms with van der Waals surface area (Å²) in [6.07, 6.45) is 1.10. The van der Waals surface area contributed by atoms with Gasteiger partial charge in [0.1, 0.15) is 0 Å². The van der Waals surface area contributed by atoms with E-state index >= 15 is 0 Å². The lowest BCUT2D eigenvalue weighted by molar-refractivity contribution is 0.185. The molecule has 0 amide bonds. The maximum absolute atomic E-state index is 5.14. The number of aliphatic imine (C=N–C) groups is 1. The lowest BCUT2D eigenvalue weighted by Crippen LogP contribution is -2.36. The van der Waals surface area contributed by atoms with Gasteiger partial charge in [-0.2, -0.15) is 0 Å². The molecule has 0 bridgehead atoms. The smallest absolute Gasteiger partial charge is 0.191 e. The van der Waals surface area contributed by atoms with Gasteiger partial charge in [-0.05, 0) is 36.6 Å². The molecule has 0 aliphatic rings. The van der Waals surface area contributed by atoms with Crippen molar-refractivity contribution in [1.82, 2.24) is 10.6 Å². The molecule has 25 heavy (non-hydrogen) atoms. The van der Waals surface area contributed by atoms with Crippen molar-refractivity contribution < 1.29 is 4.74 Å². The Hall–Kier alpha value is -1.12. The summed E-state index contributed by atoms with van der Waals surface area (Å²) in [5.74, 6) is 0.852. The van der Waals surface area contributed by atoms with Gasteiger partial charge in [-0.3, -0.25) is 0 Å². The minimum absolute atomic E-state index is 0. The summed E-state index contributed by atoms with van der Waals surface area (Å²) in [6, 6.07) is 12.8. The van der Waals surface area contributed by atoms with Gasteiger partial charge in [-0.25, -0.2) is 4.99 Å². The predicted molar refractivity (Wildman–Crippen MR) is 118 cm³/mol. The van der Waals surface area contributed by atoms with Crippen molar-refractivity contribution >= 4 is 41.3 Å². The van der Waals surface area contributed by atoms with E-state index in [2.05, 4.69) is 65.9 Å². The van der Waals surface area contributed by atoms with Gasteiger partial charge >= 0.3 is 0 Å². The molecule has 0 spiro atoms. The molecule has 0 saturated heterocycles. The molecule has 2 rings (SSSR count). The minimum atomic E-state index is 0. The fourth-order valence-electron chi connectivity index (χ4n) is 2.30. The number of thiophene rings is 1. The Morgan fingerprint density at radius 1 is 1.00 bits per heavy atom. The first-order valence-electron chi connectivity index (χ1n) is 8.41. The normalized spacial score (nSPS) is 11.1. The molecule has 0 unspecified atom stereocenters. The highest BCUT2D eigenvalue weighted by Gasteiger charge is 2.02. The number of hydrogen-bond donors (Lipinski definition) is 2. The molecule has 0 fully saturated rings. The maximum atomic E-state index is 5.14. The Kier molecular flexibility index (Phi) is 10.8. The molecule has 2 N–H and O–H groups in total. The first-order valence-corrected chi connectivity index (χ1v) is 9.23. The molecule has 1 heterocycles. The van der Waals surface area contributed by atoms with Crippen LogP contribution < -0.4 is 10.6 Å². The van der Waals surface area contributed by atoms with Crippen molar-refractivity contribution in [3.8, 4) is 0 Å². The quantitative estimate of drug-likeness (QED) is 0.341. The number of methoxy groups -OCH3 is 1. The van der Waals surface area contributed by atoms with Crippen molar-refractivity contribution in [2.24, 2.45) is 4.99 Å². The van der Waals surface area contributed by atoms with E-state index in [-0.39, 0.29) is 24.0 Å². The molecular weight excluding hydrogens is 445 g/mol. The second kappa shape index (κ2) is 12.3. The van der Waals surface area contributed by atoms with Crippen molar-refractivity contribution in [2.45, 2.75) is 40.0 Å². The summed E-state index contributed by atoms with van der Waals surface area (Å²) in [7, 11) is 1.71. The standard InChI is InChI=1S/C19H27N3OS.HI/c1-4-17-10-11-18(24-17)13-22-19(20-5-2)21-12-15-6-8-16(9-7-15)14-23-3;/h6-11H,4-5,12-14H2,1-3H3,(H2,20,21,22);1H. The maximum Gasteiger partial charge on any atom is 0.191 e. The van der Waals surface area contributed by atoms with E-state index in [0.717, 1.165) is 25.5 Å². The largest absolute Gasteiger partial charge is 0.380 e. The van der Waals surface area contributed by atoms with E-state index < -0.39 is 0 Å². The van der Waals surface area contributed by atoms with Gasteiger partial charge in [0, 0.05) is 23.4 Å². The Morgan fingerprint density at radius 3 is 2.28 bits per heavy atom. The number of rotatable bonds is 8. The van der Waals surface area contributed by atoms with Crippen molar-refractivity contribution in [3.63, 3.8) is 0 Å². The number of nitrogens with zero attached hydrogens (tertiary/aromatic N) is 1. The van der Waals surface area contributed by atoms with E-state index in [1.54, 1.807) is 7.11 Å². The Bertz CT molecular complexity index is 640. The second-order valence-corrected chi connectivity index (χ2v) is 6.77. The van der Waals surface area contributed by atoms with Crippen LogP contribution in [0.4, 0.5) is 0 Å². The van der Waals surface area contributed by atoms with Crippen molar-refractivity contribution in [2.75, 3.05) is 13.7 Å². The topological polar surface area (TPSA) is 45.7 Å². The zero-order valence-corrected chi connectivity index (χ0v) is 18.3. The SMILES string of the molecule is CCNC(=NCc1ccc(COC)cc1)NCc1ccc(CC)s1.I. The first kappa shape index (κ1) is 21.9. The van der Waals surface area contributed by atoms with E-state index in [4.69, 9.17) is 4.74 Å². The summed E-state index contributed by atoms with van der Waals surface area (Å²) in [6.45, 7) is 7.23. The van der Waals surface area contributed by atoms with Crippen LogP contribution in [0.3, 0.4) is 0 Å². The summed E-state index contributed by atoms with van der Waals surface area (Å²) in [4.78, 5) is 7.42. The minimum Gasteiger partial charge on any atom is -0.380 e. The van der Waals surface area contributed by atoms with Gasteiger partial charge < -0.3 is 15.4 Å². The zero-order valence-electron chi connectivity index (χ0n) is 15.2. The lowest BCUT2D eigenvalue weighted by atomic mass is 10.1. The highest BCUT2D eigenvalue weighted by molar-refractivity contribution is 14.0. The number of ether oxygens (including phenoxy) is 1. The molecule has 4 nitrogen and oxygen atoms in total.